The van der Waals surface area contributed by atoms with Crippen LogP contribution in [0.3, 0.4) is 0 Å². The summed E-state index contributed by atoms with van der Waals surface area (Å²) in [6.07, 6.45) is 0.523. The average molecular weight is 183 g/mol. The zero-order valence-electron chi connectivity index (χ0n) is 6.43. The third-order valence-electron chi connectivity index (χ3n) is 0.550. The van der Waals surface area contributed by atoms with Crippen molar-refractivity contribution in [2.45, 2.75) is 13.3 Å². The van der Waals surface area contributed by atoms with E-state index < -0.39 is 10.1 Å². The maximum Gasteiger partial charge on any atom is 1.00 e. The number of rotatable bonds is 3. The molecule has 0 amide bonds. The van der Waals surface area contributed by atoms with Crippen molar-refractivity contribution in [2.24, 2.45) is 0 Å². The van der Waals surface area contributed by atoms with Gasteiger partial charge in [-0.25, -0.2) is 0 Å². The molecule has 0 N–H and O–H groups in total. The molecule has 0 aromatic rings. The molecular formula is C3H8ClNaO3S. The van der Waals surface area contributed by atoms with Gasteiger partial charge in [-0.05, 0) is 6.42 Å². The summed E-state index contributed by atoms with van der Waals surface area (Å²) in [6, 6.07) is 0. The first kappa shape index (κ1) is 12.8. The van der Waals surface area contributed by atoms with Crippen LogP contribution in [0.2, 0.25) is 0 Å². The van der Waals surface area contributed by atoms with Crippen LogP contribution in [0.25, 0.3) is 0 Å². The maximum absolute atomic E-state index is 10.2. The van der Waals surface area contributed by atoms with Crippen LogP contribution < -0.4 is 29.6 Å². The largest absolute Gasteiger partial charge is 1.00 e. The van der Waals surface area contributed by atoms with E-state index in [1.807, 2.05) is 0 Å². The van der Waals surface area contributed by atoms with Gasteiger partial charge in [0.05, 0.1) is 17.6 Å². The summed E-state index contributed by atoms with van der Waals surface area (Å²) < 4.78 is 24.1. The van der Waals surface area contributed by atoms with E-state index in [0.717, 1.165) is 0 Å². The van der Waals surface area contributed by atoms with Crippen molar-refractivity contribution >= 4 is 22.0 Å². The molecule has 0 aliphatic heterocycles. The van der Waals surface area contributed by atoms with Gasteiger partial charge in [-0.15, -0.1) is 0 Å². The van der Waals surface area contributed by atoms with Crippen LogP contribution in [0.1, 0.15) is 14.8 Å². The van der Waals surface area contributed by atoms with Crippen LogP contribution in [0.15, 0.2) is 0 Å². The topological polar surface area (TPSA) is 43.4 Å². The summed E-state index contributed by atoms with van der Waals surface area (Å²) in [4.78, 5) is 0. The molecule has 0 saturated heterocycles. The molecule has 0 aromatic carbocycles. The molecule has 0 saturated carbocycles. The second-order valence-electron chi connectivity index (χ2n) is 1.32. The van der Waals surface area contributed by atoms with Crippen molar-refractivity contribution in [3.63, 3.8) is 0 Å². The summed E-state index contributed by atoms with van der Waals surface area (Å²) in [5, 5.41) is 0. The minimum absolute atomic E-state index is 0. The second kappa shape index (κ2) is 5.95. The molecule has 0 atom stereocenters. The Balaban J connectivity index is -0.000000245. The molecule has 0 radical (unpaired) electrons. The molecule has 6 heteroatoms. The first-order valence-electron chi connectivity index (χ1n) is 2.15. The van der Waals surface area contributed by atoms with Gasteiger partial charge in [-0.2, -0.15) is 12.2 Å². The van der Waals surface area contributed by atoms with E-state index in [1.165, 1.54) is 0 Å². The molecule has 3 nitrogen and oxygen atoms in total. The van der Waals surface area contributed by atoms with Gasteiger partial charge in [-0.1, -0.05) is 6.92 Å². The van der Waals surface area contributed by atoms with Crippen LogP contribution in [-0.2, 0) is 13.9 Å². The molecule has 0 aliphatic rings. The Morgan fingerprint density at radius 3 is 2.22 bits per heavy atom. The predicted molar refractivity (Wildman–Crippen MR) is 32.1 cm³/mol. The van der Waals surface area contributed by atoms with Crippen LogP contribution in [0.4, 0.5) is 0 Å². The van der Waals surface area contributed by atoms with Gasteiger partial charge in [0, 0.05) is 0 Å². The van der Waals surface area contributed by atoms with Crippen molar-refractivity contribution in [3.05, 3.63) is 0 Å². The molecule has 0 bridgehead atoms. The minimum Gasteiger partial charge on any atom is -1.00 e. The second-order valence-corrected chi connectivity index (χ2v) is 3.35. The zero-order chi connectivity index (χ0) is 6.62. The van der Waals surface area contributed by atoms with Gasteiger partial charge in [0.15, 0.2) is 0 Å². The van der Waals surface area contributed by atoms with Crippen LogP contribution >= 0.6 is 11.9 Å². The summed E-state index contributed by atoms with van der Waals surface area (Å²) >= 11 is 4.58. The van der Waals surface area contributed by atoms with Crippen LogP contribution in [0, 0.1) is 0 Å². The molecular weight excluding hydrogens is 175 g/mol. The SMILES string of the molecule is CCCS(=O)(=O)OCl.[H-].[Na+]. The van der Waals surface area contributed by atoms with Crippen molar-refractivity contribution < 1.29 is 43.1 Å². The quantitative estimate of drug-likeness (QED) is 0.475. The Kier molecular flexibility index (Phi) is 8.48. The van der Waals surface area contributed by atoms with Crippen LogP contribution in [-0.4, -0.2) is 14.2 Å². The maximum atomic E-state index is 10.2. The molecule has 9 heavy (non-hydrogen) atoms. The first-order chi connectivity index (χ1) is 3.62. The number of hydrogen-bond acceptors (Lipinski definition) is 3. The average Bonchev–Trinajstić information content (AvgIpc) is 1.67. The first-order valence-corrected chi connectivity index (χ1v) is 4.04. The summed E-state index contributed by atoms with van der Waals surface area (Å²) in [6.45, 7) is 1.73. The van der Waals surface area contributed by atoms with E-state index in [4.69, 9.17) is 0 Å². The fourth-order valence-corrected chi connectivity index (χ4v) is 1.03. The smallest absolute Gasteiger partial charge is 1.00 e. The normalized spacial score (nSPS) is 10.4. The molecule has 52 valence electrons. The van der Waals surface area contributed by atoms with Crippen molar-refractivity contribution in [3.8, 4) is 0 Å². The molecule has 0 aromatic heterocycles. The molecule has 0 unspecified atom stereocenters. The molecule has 0 spiro atoms. The number of hydrogen-bond donors (Lipinski definition) is 0. The minimum atomic E-state index is -3.40. The Hall–Kier alpha value is 1.20. The van der Waals surface area contributed by atoms with Gasteiger partial charge in [0.25, 0.3) is 10.1 Å². The summed E-state index contributed by atoms with van der Waals surface area (Å²) in [5.74, 6) is -0.0174. The fraction of sp³-hybridized carbons (Fsp3) is 1.00. The third-order valence-corrected chi connectivity index (χ3v) is 2.23. The molecule has 0 aliphatic carbocycles. The van der Waals surface area contributed by atoms with E-state index in [9.17, 15) is 8.42 Å². The van der Waals surface area contributed by atoms with Gasteiger partial charge >= 0.3 is 29.6 Å². The summed E-state index contributed by atoms with van der Waals surface area (Å²) in [5.41, 5.74) is 0. The third kappa shape index (κ3) is 7.09. The fourth-order valence-electron chi connectivity index (χ4n) is 0.281. The van der Waals surface area contributed by atoms with E-state index in [0.29, 0.717) is 6.42 Å². The molecule has 0 fully saturated rings. The van der Waals surface area contributed by atoms with Gasteiger partial charge < -0.3 is 1.43 Å². The van der Waals surface area contributed by atoms with Crippen molar-refractivity contribution in [2.75, 3.05) is 5.75 Å². The van der Waals surface area contributed by atoms with E-state index in [2.05, 4.69) is 15.6 Å². The van der Waals surface area contributed by atoms with E-state index in [-0.39, 0.29) is 36.7 Å². The zero-order valence-corrected chi connectivity index (χ0v) is 9.00. The molecule has 0 heterocycles. The van der Waals surface area contributed by atoms with E-state index >= 15 is 0 Å². The predicted octanol–water partition coefficient (Wildman–Crippen LogP) is -1.99. The Labute approximate surface area is 83.8 Å². The van der Waals surface area contributed by atoms with E-state index in [1.54, 1.807) is 6.92 Å². The van der Waals surface area contributed by atoms with Crippen molar-refractivity contribution in [1.29, 1.82) is 0 Å². The van der Waals surface area contributed by atoms with Gasteiger partial charge in [0.2, 0.25) is 0 Å². The Bertz CT molecular complexity index is 148. The summed E-state index contributed by atoms with van der Waals surface area (Å²) in [7, 11) is -3.40. The Morgan fingerprint density at radius 2 is 2.11 bits per heavy atom. The van der Waals surface area contributed by atoms with Gasteiger partial charge in [0.1, 0.15) is 0 Å². The monoisotopic (exact) mass is 182 g/mol. The van der Waals surface area contributed by atoms with Crippen LogP contribution in [0.5, 0.6) is 0 Å². The molecule has 0 rings (SSSR count). The van der Waals surface area contributed by atoms with Gasteiger partial charge in [-0.3, -0.25) is 0 Å². The Morgan fingerprint density at radius 1 is 1.67 bits per heavy atom. The number of halogens is 1. The standard InChI is InChI=1S/C3H7ClO3S.Na.H/c1-2-3-8(5,6)7-4;;/h2-3H2,1H3;;/q;+1;-1. The van der Waals surface area contributed by atoms with Crippen molar-refractivity contribution in [1.82, 2.24) is 0 Å².